The Hall–Kier alpha value is -0.710. The van der Waals surface area contributed by atoms with E-state index in [0.29, 0.717) is 6.04 Å². The van der Waals surface area contributed by atoms with Gasteiger partial charge in [-0.3, -0.25) is 9.88 Å². The monoisotopic (exact) mass is 295 g/mol. The maximum atomic E-state index is 4.52. The van der Waals surface area contributed by atoms with Crippen LogP contribution in [0.3, 0.4) is 0 Å². The quantitative estimate of drug-likeness (QED) is 0.865. The van der Waals surface area contributed by atoms with Crippen LogP contribution >= 0.6 is 15.9 Å². The molecule has 2 heterocycles. The van der Waals surface area contributed by atoms with Gasteiger partial charge in [0.25, 0.3) is 0 Å². The topological polar surface area (TPSA) is 28.2 Å². The van der Waals surface area contributed by atoms with E-state index in [4.69, 9.17) is 0 Å². The molecule has 1 aromatic heterocycles. The number of pyridine rings is 1. The van der Waals surface area contributed by atoms with Crippen molar-refractivity contribution in [2.75, 3.05) is 26.2 Å². The number of nitrogens with zero attached hydrogens (tertiary/aromatic N) is 2. The fourth-order valence-corrected chi connectivity index (χ4v) is 2.43. The number of rotatable bonds is 4. The summed E-state index contributed by atoms with van der Waals surface area (Å²) in [5.41, 5.74) is 1.13. The van der Waals surface area contributed by atoms with Gasteiger partial charge in [0, 0.05) is 36.8 Å². The minimum Gasteiger partial charge on any atom is -0.314 e. The van der Waals surface area contributed by atoms with E-state index in [9.17, 15) is 0 Å². The van der Waals surface area contributed by atoms with Gasteiger partial charge in [0.15, 0.2) is 0 Å². The number of nitrogens with one attached hydrogen (secondary N) is 1. The van der Waals surface area contributed by atoms with E-state index in [1.54, 1.807) is 0 Å². The Labute approximate surface area is 111 Å². The molecule has 17 heavy (non-hydrogen) atoms. The van der Waals surface area contributed by atoms with Crippen LogP contribution in [0.1, 0.15) is 18.2 Å². The maximum absolute atomic E-state index is 4.52. The van der Waals surface area contributed by atoms with E-state index in [1.165, 1.54) is 0 Å². The number of hydrogen-bond donors (Lipinski definition) is 1. The lowest BCUT2D eigenvalue weighted by atomic mass is 10.1. The molecule has 0 spiro atoms. The second kappa shape index (κ2) is 6.28. The Balaban J connectivity index is 2.15. The summed E-state index contributed by atoms with van der Waals surface area (Å²) >= 11 is 3.42. The summed E-state index contributed by atoms with van der Waals surface area (Å²) in [6.07, 6.45) is 4.80. The van der Waals surface area contributed by atoms with Gasteiger partial charge in [-0.1, -0.05) is 6.08 Å². The number of hydrogen-bond acceptors (Lipinski definition) is 3. The summed E-state index contributed by atoms with van der Waals surface area (Å²) in [5.74, 6) is 0. The molecule has 2 rings (SSSR count). The standard InChI is InChI=1S/C13H18BrN3/c1-2-3-13(17-8-6-15-7-9-17)12-5-4-11(14)10-16-12/h2,4-5,10,13,15H,1,3,6-9H2/t13-/m0/s1. The molecule has 1 aliphatic heterocycles. The maximum Gasteiger partial charge on any atom is 0.0579 e. The molecule has 0 aliphatic carbocycles. The predicted molar refractivity (Wildman–Crippen MR) is 73.9 cm³/mol. The van der Waals surface area contributed by atoms with E-state index >= 15 is 0 Å². The molecule has 0 unspecified atom stereocenters. The van der Waals surface area contributed by atoms with Crippen molar-refractivity contribution < 1.29 is 0 Å². The van der Waals surface area contributed by atoms with Crippen molar-refractivity contribution in [1.29, 1.82) is 0 Å². The number of piperazine rings is 1. The zero-order chi connectivity index (χ0) is 12.1. The average Bonchev–Trinajstić information content (AvgIpc) is 2.38. The molecule has 4 heteroatoms. The van der Waals surface area contributed by atoms with Gasteiger partial charge in [-0.15, -0.1) is 6.58 Å². The van der Waals surface area contributed by atoms with Gasteiger partial charge >= 0.3 is 0 Å². The first kappa shape index (κ1) is 12.7. The Morgan fingerprint density at radius 3 is 2.82 bits per heavy atom. The van der Waals surface area contributed by atoms with Gasteiger partial charge in [0.2, 0.25) is 0 Å². The lowest BCUT2D eigenvalue weighted by Gasteiger charge is -2.34. The molecule has 92 valence electrons. The SMILES string of the molecule is C=CC[C@@H](c1ccc(Br)cn1)N1CCNCC1. The van der Waals surface area contributed by atoms with Crippen LogP contribution in [0.2, 0.25) is 0 Å². The minimum absolute atomic E-state index is 0.364. The first-order chi connectivity index (χ1) is 8.31. The minimum atomic E-state index is 0.364. The molecule has 1 saturated heterocycles. The summed E-state index contributed by atoms with van der Waals surface area (Å²) < 4.78 is 1.03. The van der Waals surface area contributed by atoms with Crippen molar-refractivity contribution >= 4 is 15.9 Å². The molecular weight excluding hydrogens is 278 g/mol. The third-order valence-electron chi connectivity index (χ3n) is 3.07. The van der Waals surface area contributed by atoms with Crippen LogP contribution in [0.5, 0.6) is 0 Å². The molecule has 1 aliphatic rings. The van der Waals surface area contributed by atoms with Crippen LogP contribution in [-0.4, -0.2) is 36.1 Å². The van der Waals surface area contributed by atoms with Crippen molar-refractivity contribution in [2.24, 2.45) is 0 Å². The van der Waals surface area contributed by atoms with Gasteiger partial charge in [0.1, 0.15) is 0 Å². The van der Waals surface area contributed by atoms with Crippen molar-refractivity contribution in [3.63, 3.8) is 0 Å². The average molecular weight is 296 g/mol. The predicted octanol–water partition coefficient (Wildman–Crippen LogP) is 2.37. The summed E-state index contributed by atoms with van der Waals surface area (Å²) in [4.78, 5) is 7.00. The van der Waals surface area contributed by atoms with Crippen LogP contribution in [0.15, 0.2) is 35.5 Å². The first-order valence-corrected chi connectivity index (χ1v) is 6.77. The van der Waals surface area contributed by atoms with Crippen LogP contribution in [0.25, 0.3) is 0 Å². The third kappa shape index (κ3) is 3.37. The highest BCUT2D eigenvalue weighted by Crippen LogP contribution is 2.24. The summed E-state index contributed by atoms with van der Waals surface area (Å²) in [6.45, 7) is 8.14. The Morgan fingerprint density at radius 1 is 1.47 bits per heavy atom. The Morgan fingerprint density at radius 2 is 2.24 bits per heavy atom. The second-order valence-corrected chi connectivity index (χ2v) is 5.14. The van der Waals surface area contributed by atoms with Crippen molar-refractivity contribution in [1.82, 2.24) is 15.2 Å². The fraction of sp³-hybridized carbons (Fsp3) is 0.462. The number of halogens is 1. The number of aromatic nitrogens is 1. The van der Waals surface area contributed by atoms with E-state index in [0.717, 1.165) is 42.8 Å². The summed E-state index contributed by atoms with van der Waals surface area (Å²) in [7, 11) is 0. The first-order valence-electron chi connectivity index (χ1n) is 5.98. The zero-order valence-electron chi connectivity index (χ0n) is 9.90. The van der Waals surface area contributed by atoms with Crippen LogP contribution in [0.4, 0.5) is 0 Å². The molecule has 0 bridgehead atoms. The fourth-order valence-electron chi connectivity index (χ4n) is 2.19. The molecule has 1 atom stereocenters. The molecule has 3 nitrogen and oxygen atoms in total. The lowest BCUT2D eigenvalue weighted by molar-refractivity contribution is 0.171. The van der Waals surface area contributed by atoms with Gasteiger partial charge in [0.05, 0.1) is 11.7 Å². The smallest absolute Gasteiger partial charge is 0.0579 e. The highest BCUT2D eigenvalue weighted by Gasteiger charge is 2.21. The van der Waals surface area contributed by atoms with Crippen molar-refractivity contribution in [2.45, 2.75) is 12.5 Å². The van der Waals surface area contributed by atoms with E-state index < -0.39 is 0 Å². The zero-order valence-corrected chi connectivity index (χ0v) is 11.5. The lowest BCUT2D eigenvalue weighted by Crippen LogP contribution is -2.45. The van der Waals surface area contributed by atoms with Crippen LogP contribution in [0, 0.1) is 0 Å². The largest absolute Gasteiger partial charge is 0.314 e. The van der Waals surface area contributed by atoms with Gasteiger partial charge in [-0.05, 0) is 34.5 Å². The van der Waals surface area contributed by atoms with Crippen LogP contribution in [-0.2, 0) is 0 Å². The molecule has 0 amide bonds. The van der Waals surface area contributed by atoms with E-state index in [2.05, 4.69) is 49.8 Å². The molecule has 0 aromatic carbocycles. The van der Waals surface area contributed by atoms with E-state index in [-0.39, 0.29) is 0 Å². The highest BCUT2D eigenvalue weighted by molar-refractivity contribution is 9.10. The normalized spacial score (nSPS) is 18.9. The molecule has 0 radical (unpaired) electrons. The molecule has 0 saturated carbocycles. The second-order valence-electron chi connectivity index (χ2n) is 4.23. The van der Waals surface area contributed by atoms with Gasteiger partial charge < -0.3 is 5.32 Å². The highest BCUT2D eigenvalue weighted by atomic mass is 79.9. The molecule has 1 aromatic rings. The molecule has 1 fully saturated rings. The molecular formula is C13H18BrN3. The van der Waals surface area contributed by atoms with Crippen LogP contribution < -0.4 is 5.32 Å². The third-order valence-corrected chi connectivity index (χ3v) is 3.54. The molecule has 1 N–H and O–H groups in total. The van der Waals surface area contributed by atoms with Gasteiger partial charge in [-0.2, -0.15) is 0 Å². The van der Waals surface area contributed by atoms with E-state index in [1.807, 2.05) is 12.3 Å². The summed E-state index contributed by atoms with van der Waals surface area (Å²) in [6, 6.07) is 4.52. The van der Waals surface area contributed by atoms with Gasteiger partial charge in [-0.25, -0.2) is 0 Å². The van der Waals surface area contributed by atoms with Crippen molar-refractivity contribution in [3.05, 3.63) is 41.2 Å². The summed E-state index contributed by atoms with van der Waals surface area (Å²) in [5, 5.41) is 3.38. The van der Waals surface area contributed by atoms with Crippen molar-refractivity contribution in [3.8, 4) is 0 Å². The Bertz CT molecular complexity index is 357. The Kier molecular flexibility index (Phi) is 4.71.